The molecule has 0 aliphatic rings. The Hall–Kier alpha value is -1.87. The first-order valence-corrected chi connectivity index (χ1v) is 8.73. The highest BCUT2D eigenvalue weighted by molar-refractivity contribution is 8.00. The predicted octanol–water partition coefficient (Wildman–Crippen LogP) is 3.80. The average Bonchev–Trinajstić information content (AvgIpc) is 2.47. The number of amides is 1. The number of nitrogens with one attached hydrogen (secondary N) is 1. The van der Waals surface area contributed by atoms with Crippen LogP contribution in [0.5, 0.6) is 0 Å². The maximum Gasteiger partial charge on any atom is 0.288 e. The van der Waals surface area contributed by atoms with E-state index in [1.807, 2.05) is 0 Å². The molecule has 1 aromatic carbocycles. The monoisotopic (exact) mass is 370 g/mol. The lowest BCUT2D eigenvalue weighted by Gasteiger charge is -2.12. The summed E-state index contributed by atoms with van der Waals surface area (Å²) >= 11 is 1.65. The van der Waals surface area contributed by atoms with Gasteiger partial charge in [-0.1, -0.05) is 23.5 Å². The zero-order valence-corrected chi connectivity index (χ0v) is 14.6. The number of aromatic nitrogens is 2. The summed E-state index contributed by atoms with van der Waals surface area (Å²) in [5.74, 6) is -2.36. The molecule has 0 saturated carbocycles. The molecule has 0 spiro atoms. The number of anilines is 2. The molecule has 24 heavy (non-hydrogen) atoms. The molecule has 0 saturated heterocycles. The fourth-order valence-electron chi connectivity index (χ4n) is 1.79. The van der Waals surface area contributed by atoms with Gasteiger partial charge in [-0.25, -0.2) is 9.97 Å². The Labute approximate surface area is 146 Å². The summed E-state index contributed by atoms with van der Waals surface area (Å²) in [6.45, 7) is 3.52. The Morgan fingerprint density at radius 3 is 2.46 bits per heavy atom. The molecule has 0 bridgehead atoms. The molecule has 0 radical (unpaired) electrons. The molecule has 2 aromatic rings. The highest BCUT2D eigenvalue weighted by Crippen LogP contribution is 2.27. The van der Waals surface area contributed by atoms with E-state index in [2.05, 4.69) is 15.3 Å². The molecule has 128 valence electrons. The number of thioether (sulfide) groups is 2. The summed E-state index contributed by atoms with van der Waals surface area (Å²) in [5, 5.41) is 2.71. The summed E-state index contributed by atoms with van der Waals surface area (Å²) in [6, 6.07) is 7.89. The Morgan fingerprint density at radius 2 is 1.88 bits per heavy atom. The van der Waals surface area contributed by atoms with Crippen LogP contribution in [0.4, 0.5) is 20.3 Å². The van der Waals surface area contributed by atoms with Crippen LogP contribution in [0, 0.1) is 6.92 Å². The molecule has 3 N–H and O–H groups in total. The van der Waals surface area contributed by atoms with Gasteiger partial charge in [0.2, 0.25) is 5.91 Å². The van der Waals surface area contributed by atoms with Crippen molar-refractivity contribution in [2.75, 3.05) is 11.1 Å². The number of hydrogen-bond donors (Lipinski definition) is 2. The lowest BCUT2D eigenvalue weighted by molar-refractivity contribution is -0.115. The summed E-state index contributed by atoms with van der Waals surface area (Å²) in [6.07, 6.45) is 0. The van der Waals surface area contributed by atoms with Gasteiger partial charge in [0, 0.05) is 22.3 Å². The first-order chi connectivity index (χ1) is 11.3. The molecule has 9 heteroatoms. The third-order valence-corrected chi connectivity index (χ3v) is 4.54. The van der Waals surface area contributed by atoms with E-state index in [9.17, 15) is 13.6 Å². The molecule has 1 heterocycles. The number of aryl methyl sites for hydroxylation is 1. The van der Waals surface area contributed by atoms with Gasteiger partial charge in [-0.3, -0.25) is 4.79 Å². The Bertz CT molecular complexity index is 693. The Kier molecular flexibility index (Phi) is 6.38. The van der Waals surface area contributed by atoms with Crippen molar-refractivity contribution in [3.05, 3.63) is 36.0 Å². The molecule has 1 amide bonds. The van der Waals surface area contributed by atoms with Gasteiger partial charge in [0.25, 0.3) is 5.76 Å². The maximum absolute atomic E-state index is 12.3. The molecule has 1 atom stereocenters. The van der Waals surface area contributed by atoms with Crippen LogP contribution in [-0.4, -0.2) is 26.9 Å². The minimum atomic E-state index is -2.47. The SMILES string of the molecule is Cc1cc(N)nc(S[C@H](C)C(=O)Nc2ccc(SC(F)F)cc2)n1. The van der Waals surface area contributed by atoms with Gasteiger partial charge in [-0.05, 0) is 38.1 Å². The summed E-state index contributed by atoms with van der Waals surface area (Å²) in [5.41, 5.74) is 6.93. The molecular formula is C15H16F2N4OS2. The van der Waals surface area contributed by atoms with Crippen LogP contribution in [-0.2, 0) is 4.79 Å². The van der Waals surface area contributed by atoms with E-state index in [0.29, 0.717) is 33.3 Å². The zero-order valence-electron chi connectivity index (χ0n) is 13.0. The lowest BCUT2D eigenvalue weighted by Crippen LogP contribution is -2.22. The summed E-state index contributed by atoms with van der Waals surface area (Å²) in [4.78, 5) is 20.9. The van der Waals surface area contributed by atoms with E-state index < -0.39 is 11.0 Å². The predicted molar refractivity (Wildman–Crippen MR) is 93.4 cm³/mol. The van der Waals surface area contributed by atoms with Crippen molar-refractivity contribution in [1.29, 1.82) is 0 Å². The minimum Gasteiger partial charge on any atom is -0.384 e. The third-order valence-electron chi connectivity index (χ3n) is 2.85. The van der Waals surface area contributed by atoms with Crippen molar-refractivity contribution in [3.63, 3.8) is 0 Å². The molecule has 0 aliphatic heterocycles. The number of carbonyl (C=O) groups is 1. The van der Waals surface area contributed by atoms with Crippen molar-refractivity contribution < 1.29 is 13.6 Å². The van der Waals surface area contributed by atoms with Crippen LogP contribution in [0.2, 0.25) is 0 Å². The first kappa shape index (κ1) is 18.5. The number of nitrogens with zero attached hydrogens (tertiary/aromatic N) is 2. The number of nitrogen functional groups attached to an aromatic ring is 1. The second-order valence-corrected chi connectivity index (χ2v) is 7.24. The van der Waals surface area contributed by atoms with E-state index in [0.717, 1.165) is 5.69 Å². The minimum absolute atomic E-state index is 0.238. The van der Waals surface area contributed by atoms with Gasteiger partial charge >= 0.3 is 0 Å². The molecule has 0 aliphatic carbocycles. The van der Waals surface area contributed by atoms with E-state index >= 15 is 0 Å². The highest BCUT2D eigenvalue weighted by atomic mass is 32.2. The number of rotatable bonds is 6. The second kappa shape index (κ2) is 8.29. The normalized spacial score (nSPS) is 12.2. The fraction of sp³-hybridized carbons (Fsp3) is 0.267. The molecule has 1 aromatic heterocycles. The lowest BCUT2D eigenvalue weighted by atomic mass is 10.3. The first-order valence-electron chi connectivity index (χ1n) is 6.97. The molecule has 5 nitrogen and oxygen atoms in total. The largest absolute Gasteiger partial charge is 0.384 e. The molecule has 0 unspecified atom stereocenters. The summed E-state index contributed by atoms with van der Waals surface area (Å²) < 4.78 is 24.5. The van der Waals surface area contributed by atoms with Crippen molar-refractivity contribution in [2.45, 2.75) is 34.9 Å². The van der Waals surface area contributed by atoms with E-state index in [1.165, 1.54) is 23.9 Å². The molecule has 2 rings (SSSR count). The van der Waals surface area contributed by atoms with E-state index in [-0.39, 0.29) is 5.91 Å². The van der Waals surface area contributed by atoms with Gasteiger partial charge in [0.15, 0.2) is 5.16 Å². The van der Waals surface area contributed by atoms with Gasteiger partial charge in [0.1, 0.15) is 5.82 Å². The van der Waals surface area contributed by atoms with Crippen LogP contribution in [0.25, 0.3) is 0 Å². The molecule has 0 fully saturated rings. The number of carbonyl (C=O) groups excluding carboxylic acids is 1. The fourth-order valence-corrected chi connectivity index (χ4v) is 3.13. The highest BCUT2D eigenvalue weighted by Gasteiger charge is 2.17. The van der Waals surface area contributed by atoms with E-state index in [1.54, 1.807) is 32.0 Å². The second-order valence-electron chi connectivity index (χ2n) is 4.87. The smallest absolute Gasteiger partial charge is 0.288 e. The Morgan fingerprint density at radius 1 is 1.21 bits per heavy atom. The number of nitrogens with two attached hydrogens (primary N) is 1. The van der Waals surface area contributed by atoms with Gasteiger partial charge < -0.3 is 11.1 Å². The van der Waals surface area contributed by atoms with Crippen molar-refractivity contribution >= 4 is 40.9 Å². The van der Waals surface area contributed by atoms with Crippen LogP contribution in [0.15, 0.2) is 40.4 Å². The average molecular weight is 370 g/mol. The topological polar surface area (TPSA) is 80.9 Å². The van der Waals surface area contributed by atoms with Gasteiger partial charge in [0.05, 0.1) is 5.25 Å². The van der Waals surface area contributed by atoms with Crippen molar-refractivity contribution in [3.8, 4) is 0 Å². The number of benzene rings is 1. The quantitative estimate of drug-likeness (QED) is 0.595. The van der Waals surface area contributed by atoms with Crippen molar-refractivity contribution in [1.82, 2.24) is 9.97 Å². The van der Waals surface area contributed by atoms with Crippen LogP contribution < -0.4 is 11.1 Å². The van der Waals surface area contributed by atoms with Crippen LogP contribution in [0.1, 0.15) is 12.6 Å². The maximum atomic E-state index is 12.3. The van der Waals surface area contributed by atoms with Crippen LogP contribution >= 0.6 is 23.5 Å². The van der Waals surface area contributed by atoms with Crippen LogP contribution in [0.3, 0.4) is 0 Å². The number of alkyl halides is 2. The Balaban J connectivity index is 1.95. The van der Waals surface area contributed by atoms with Crippen molar-refractivity contribution in [2.24, 2.45) is 0 Å². The zero-order chi connectivity index (χ0) is 17.7. The standard InChI is InChI=1S/C15H16F2N4OS2/c1-8-7-12(18)21-15(19-8)23-9(2)13(22)20-10-3-5-11(6-4-10)24-14(16)17/h3-7,9,14H,1-2H3,(H,20,22)(H2,18,19,21)/t9-/m1/s1. The molecular weight excluding hydrogens is 354 g/mol. The third kappa shape index (κ3) is 5.64. The van der Waals surface area contributed by atoms with Gasteiger partial charge in [-0.2, -0.15) is 8.78 Å². The number of halogens is 2. The van der Waals surface area contributed by atoms with Gasteiger partial charge in [-0.15, -0.1) is 0 Å². The number of hydrogen-bond acceptors (Lipinski definition) is 6. The van der Waals surface area contributed by atoms with E-state index in [4.69, 9.17) is 5.73 Å². The summed E-state index contributed by atoms with van der Waals surface area (Å²) in [7, 11) is 0.